The lowest BCUT2D eigenvalue weighted by Gasteiger charge is -2.23. The number of hydrogen-bond donors (Lipinski definition) is 1. The van der Waals surface area contributed by atoms with E-state index in [0.29, 0.717) is 11.0 Å². The highest BCUT2D eigenvalue weighted by Crippen LogP contribution is 2.28. The molecule has 0 aromatic carbocycles. The van der Waals surface area contributed by atoms with Crippen LogP contribution in [0.3, 0.4) is 0 Å². The minimum atomic E-state index is -0.122. The Morgan fingerprint density at radius 2 is 2.14 bits per heavy atom. The topological polar surface area (TPSA) is 62.5 Å². The molecule has 4 rings (SSSR count). The Morgan fingerprint density at radius 1 is 1.29 bits per heavy atom. The fraction of sp³-hybridized carbons (Fsp3) is 0.643. The monoisotopic (exact) mass is 305 g/mol. The van der Waals surface area contributed by atoms with Crippen molar-refractivity contribution in [2.45, 2.75) is 44.2 Å². The van der Waals surface area contributed by atoms with Crippen LogP contribution in [0.2, 0.25) is 0 Å². The molecule has 2 aromatic rings. The smallest absolute Gasteiger partial charge is 0.275 e. The van der Waals surface area contributed by atoms with Crippen molar-refractivity contribution in [2.75, 3.05) is 18.4 Å². The van der Waals surface area contributed by atoms with Crippen LogP contribution in [0.5, 0.6) is 0 Å². The lowest BCUT2D eigenvalue weighted by atomic mass is 10.2. The van der Waals surface area contributed by atoms with Gasteiger partial charge in [-0.05, 0) is 19.3 Å². The molecule has 0 bridgehead atoms. The van der Waals surface area contributed by atoms with Crippen LogP contribution in [0.25, 0.3) is 4.96 Å². The molecule has 1 aliphatic heterocycles. The lowest BCUT2D eigenvalue weighted by molar-refractivity contribution is 0.245. The maximum Gasteiger partial charge on any atom is 0.275 e. The molecule has 112 valence electrons. The summed E-state index contributed by atoms with van der Waals surface area (Å²) < 4.78 is 1.37. The Kier molecular flexibility index (Phi) is 3.39. The summed E-state index contributed by atoms with van der Waals surface area (Å²) in [5, 5.41) is 8.60. The van der Waals surface area contributed by atoms with E-state index in [0.717, 1.165) is 24.1 Å². The van der Waals surface area contributed by atoms with Crippen molar-refractivity contribution in [1.82, 2.24) is 19.5 Å². The predicted molar refractivity (Wildman–Crippen MR) is 83.0 cm³/mol. The Balaban J connectivity index is 1.45. The van der Waals surface area contributed by atoms with E-state index < -0.39 is 0 Å². The third-order valence-corrected chi connectivity index (χ3v) is 5.41. The average Bonchev–Trinajstić information content (AvgIpc) is 3.18. The van der Waals surface area contributed by atoms with E-state index in [1.165, 1.54) is 60.3 Å². The van der Waals surface area contributed by atoms with Gasteiger partial charge in [-0.25, -0.2) is 4.98 Å². The van der Waals surface area contributed by atoms with E-state index in [2.05, 4.69) is 20.3 Å². The molecule has 0 radical (unpaired) electrons. The van der Waals surface area contributed by atoms with E-state index >= 15 is 0 Å². The zero-order chi connectivity index (χ0) is 14.2. The van der Waals surface area contributed by atoms with E-state index in [9.17, 15) is 4.79 Å². The van der Waals surface area contributed by atoms with Gasteiger partial charge in [-0.15, -0.1) is 5.10 Å². The van der Waals surface area contributed by atoms with Crippen molar-refractivity contribution in [3.8, 4) is 0 Å². The fourth-order valence-corrected chi connectivity index (χ4v) is 4.33. The third-order valence-electron chi connectivity index (χ3n) is 4.56. The van der Waals surface area contributed by atoms with E-state index in [-0.39, 0.29) is 5.56 Å². The van der Waals surface area contributed by atoms with Gasteiger partial charge in [-0.2, -0.15) is 4.52 Å². The molecule has 2 aromatic heterocycles. The van der Waals surface area contributed by atoms with Gasteiger partial charge in [-0.3, -0.25) is 9.69 Å². The van der Waals surface area contributed by atoms with Crippen LogP contribution in [-0.2, 0) is 0 Å². The van der Waals surface area contributed by atoms with Gasteiger partial charge in [0.15, 0.2) is 0 Å². The first kappa shape index (κ1) is 13.2. The summed E-state index contributed by atoms with van der Waals surface area (Å²) in [6.45, 7) is 2.26. The molecule has 7 heteroatoms. The second-order valence-corrected chi connectivity index (χ2v) is 6.90. The maximum atomic E-state index is 11.7. The number of hydrogen-bond acceptors (Lipinski definition) is 6. The summed E-state index contributed by atoms with van der Waals surface area (Å²) in [6, 6.07) is 2.66. The van der Waals surface area contributed by atoms with Crippen LogP contribution in [0.15, 0.2) is 17.1 Å². The summed E-state index contributed by atoms with van der Waals surface area (Å²) in [6.07, 6.45) is 8.16. The number of nitrogens with zero attached hydrogens (tertiary/aromatic N) is 4. The first-order chi connectivity index (χ1) is 10.3. The molecular weight excluding hydrogens is 286 g/mol. The van der Waals surface area contributed by atoms with Crippen molar-refractivity contribution in [2.24, 2.45) is 0 Å². The molecule has 2 aliphatic rings. The van der Waals surface area contributed by atoms with E-state index in [1.54, 1.807) is 0 Å². The molecule has 6 nitrogen and oxygen atoms in total. The number of fused-ring (bicyclic) bond motifs is 1. The Morgan fingerprint density at radius 3 is 2.95 bits per heavy atom. The van der Waals surface area contributed by atoms with Gasteiger partial charge in [0.1, 0.15) is 0 Å². The summed E-state index contributed by atoms with van der Waals surface area (Å²) in [5.74, 6) is 0. The predicted octanol–water partition coefficient (Wildman–Crippen LogP) is 1.58. The SMILES string of the molecule is O=c1ccnc2sc(NC3CCN(C4CCCC4)C3)nn12. The van der Waals surface area contributed by atoms with Crippen LogP contribution >= 0.6 is 11.3 Å². The van der Waals surface area contributed by atoms with Crippen LogP contribution in [0.4, 0.5) is 5.13 Å². The summed E-state index contributed by atoms with van der Waals surface area (Å²) in [5.41, 5.74) is -0.122. The molecular formula is C14H19N5OS. The van der Waals surface area contributed by atoms with Gasteiger partial charge in [0.2, 0.25) is 10.1 Å². The van der Waals surface area contributed by atoms with Gasteiger partial charge in [0.05, 0.1) is 0 Å². The van der Waals surface area contributed by atoms with Crippen molar-refractivity contribution in [3.05, 3.63) is 22.6 Å². The number of nitrogens with one attached hydrogen (secondary N) is 1. The quantitative estimate of drug-likeness (QED) is 0.933. The number of rotatable bonds is 3. The average molecular weight is 305 g/mol. The highest BCUT2D eigenvalue weighted by Gasteiger charge is 2.30. The van der Waals surface area contributed by atoms with Crippen LogP contribution in [0.1, 0.15) is 32.1 Å². The number of likely N-dealkylation sites (tertiary alicyclic amines) is 1. The minimum Gasteiger partial charge on any atom is -0.356 e. The van der Waals surface area contributed by atoms with Gasteiger partial charge < -0.3 is 5.32 Å². The highest BCUT2D eigenvalue weighted by atomic mass is 32.1. The molecule has 0 amide bonds. The molecule has 1 saturated carbocycles. The second kappa shape index (κ2) is 5.38. The zero-order valence-corrected chi connectivity index (χ0v) is 12.7. The third kappa shape index (κ3) is 2.55. The lowest BCUT2D eigenvalue weighted by Crippen LogP contribution is -2.33. The Labute approximate surface area is 126 Å². The molecule has 1 unspecified atom stereocenters. The Bertz CT molecular complexity index is 690. The maximum absolute atomic E-state index is 11.7. The first-order valence-electron chi connectivity index (χ1n) is 7.65. The number of anilines is 1. The van der Waals surface area contributed by atoms with Crippen LogP contribution in [0, 0.1) is 0 Å². The molecule has 1 saturated heterocycles. The van der Waals surface area contributed by atoms with Gasteiger partial charge >= 0.3 is 0 Å². The normalized spacial score (nSPS) is 24.1. The Hall–Kier alpha value is -1.47. The summed E-state index contributed by atoms with van der Waals surface area (Å²) in [4.78, 5) is 19.1. The second-order valence-electron chi connectivity index (χ2n) is 5.95. The van der Waals surface area contributed by atoms with E-state index in [4.69, 9.17) is 0 Å². The van der Waals surface area contributed by atoms with Crippen molar-refractivity contribution in [3.63, 3.8) is 0 Å². The number of aromatic nitrogens is 3. The molecule has 21 heavy (non-hydrogen) atoms. The van der Waals surface area contributed by atoms with Crippen LogP contribution in [-0.4, -0.2) is 44.7 Å². The molecule has 3 heterocycles. The van der Waals surface area contributed by atoms with Crippen molar-refractivity contribution in [1.29, 1.82) is 0 Å². The highest BCUT2D eigenvalue weighted by molar-refractivity contribution is 7.20. The molecule has 1 aliphatic carbocycles. The van der Waals surface area contributed by atoms with E-state index in [1.807, 2.05) is 0 Å². The minimum absolute atomic E-state index is 0.122. The molecule has 1 atom stereocenters. The first-order valence-corrected chi connectivity index (χ1v) is 8.47. The summed E-state index contributed by atoms with van der Waals surface area (Å²) in [7, 11) is 0. The molecule has 1 N–H and O–H groups in total. The largest absolute Gasteiger partial charge is 0.356 e. The standard InChI is InChI=1S/C14H19N5OS/c20-12-5-7-15-14-19(12)17-13(21-14)16-10-6-8-18(9-10)11-3-1-2-4-11/h5,7,10-11H,1-4,6,8-9H2,(H,16,17). The van der Waals surface area contributed by atoms with Crippen LogP contribution < -0.4 is 10.9 Å². The van der Waals surface area contributed by atoms with Gasteiger partial charge in [0.25, 0.3) is 5.56 Å². The van der Waals surface area contributed by atoms with Gasteiger partial charge in [-0.1, -0.05) is 24.2 Å². The zero-order valence-electron chi connectivity index (χ0n) is 11.9. The van der Waals surface area contributed by atoms with Crippen molar-refractivity contribution < 1.29 is 0 Å². The molecule has 0 spiro atoms. The van der Waals surface area contributed by atoms with Gasteiger partial charge in [0, 0.05) is 37.4 Å². The molecule has 2 fully saturated rings. The fourth-order valence-electron chi connectivity index (χ4n) is 3.48. The van der Waals surface area contributed by atoms with Crippen molar-refractivity contribution >= 4 is 21.4 Å². The summed E-state index contributed by atoms with van der Waals surface area (Å²) >= 11 is 1.44.